The third kappa shape index (κ3) is 5.64. The summed E-state index contributed by atoms with van der Waals surface area (Å²) in [5.41, 5.74) is 0.782. The highest BCUT2D eigenvalue weighted by atomic mass is 16.5. The fourth-order valence-corrected chi connectivity index (χ4v) is 1.60. The summed E-state index contributed by atoms with van der Waals surface area (Å²) in [5.74, 6) is 0.812. The van der Waals surface area contributed by atoms with Crippen molar-refractivity contribution < 1.29 is 9.53 Å². The topological polar surface area (TPSA) is 41.6 Å². The molecule has 1 aromatic rings. The maximum Gasteiger partial charge on any atom is 0.321 e. The highest BCUT2D eigenvalue weighted by molar-refractivity contribution is 5.89. The van der Waals surface area contributed by atoms with Crippen molar-refractivity contribution in [1.29, 1.82) is 0 Å². The molecule has 4 nitrogen and oxygen atoms in total. The van der Waals surface area contributed by atoms with Crippen molar-refractivity contribution in [2.75, 3.05) is 18.9 Å². The summed E-state index contributed by atoms with van der Waals surface area (Å²) in [7, 11) is 1.81. The first-order valence-electron chi connectivity index (χ1n) is 6.81. The average Bonchev–Trinajstić information content (AvgIpc) is 2.37. The second-order valence-electron chi connectivity index (χ2n) is 4.90. The van der Waals surface area contributed by atoms with E-state index in [4.69, 9.17) is 4.74 Å². The molecule has 19 heavy (non-hydrogen) atoms. The highest BCUT2D eigenvalue weighted by Gasteiger charge is 2.08. The molecule has 0 unspecified atom stereocenters. The number of urea groups is 1. The molecule has 0 aliphatic heterocycles. The van der Waals surface area contributed by atoms with Crippen molar-refractivity contribution in [2.45, 2.75) is 39.7 Å². The fraction of sp³-hybridized carbons (Fsp3) is 0.533. The first-order valence-corrected chi connectivity index (χ1v) is 6.81. The highest BCUT2D eigenvalue weighted by Crippen LogP contribution is 2.17. The second-order valence-corrected chi connectivity index (χ2v) is 4.90. The molecule has 1 N–H and O–H groups in total. The number of carbonyl (C=O) groups excluding carboxylic acids is 1. The van der Waals surface area contributed by atoms with Crippen LogP contribution in [-0.2, 0) is 0 Å². The first kappa shape index (κ1) is 15.3. The summed E-state index contributed by atoms with van der Waals surface area (Å²) in [6.45, 7) is 6.85. The Hall–Kier alpha value is -1.71. The van der Waals surface area contributed by atoms with Crippen LogP contribution < -0.4 is 10.1 Å². The van der Waals surface area contributed by atoms with Gasteiger partial charge in [0.05, 0.1) is 6.10 Å². The van der Waals surface area contributed by atoms with Crippen molar-refractivity contribution >= 4 is 11.7 Å². The molecule has 0 bridgehead atoms. The smallest absolute Gasteiger partial charge is 0.321 e. The van der Waals surface area contributed by atoms with Gasteiger partial charge in [-0.05, 0) is 44.5 Å². The van der Waals surface area contributed by atoms with Gasteiger partial charge in [0.2, 0.25) is 0 Å². The van der Waals surface area contributed by atoms with Crippen LogP contribution in [0.2, 0.25) is 0 Å². The van der Waals surface area contributed by atoms with Crippen molar-refractivity contribution in [3.8, 4) is 5.75 Å². The lowest BCUT2D eigenvalue weighted by Gasteiger charge is -2.17. The van der Waals surface area contributed by atoms with Crippen molar-refractivity contribution in [3.63, 3.8) is 0 Å². The van der Waals surface area contributed by atoms with Crippen LogP contribution in [0.3, 0.4) is 0 Å². The summed E-state index contributed by atoms with van der Waals surface area (Å²) in [4.78, 5) is 13.6. The van der Waals surface area contributed by atoms with Crippen LogP contribution >= 0.6 is 0 Å². The number of unbranched alkanes of at least 4 members (excludes halogenated alkanes) is 1. The Bertz CT molecular complexity index is 388. The summed E-state index contributed by atoms with van der Waals surface area (Å²) < 4.78 is 5.55. The van der Waals surface area contributed by atoms with Gasteiger partial charge in [-0.15, -0.1) is 0 Å². The number of ether oxygens (including phenoxy) is 1. The summed E-state index contributed by atoms with van der Waals surface area (Å²) in [5, 5.41) is 2.86. The number of nitrogens with one attached hydrogen (secondary N) is 1. The molecule has 1 rings (SSSR count). The van der Waals surface area contributed by atoms with Gasteiger partial charge < -0.3 is 15.0 Å². The third-order valence-corrected chi connectivity index (χ3v) is 2.67. The predicted octanol–water partition coefficient (Wildman–Crippen LogP) is 3.74. The molecule has 4 heteroatoms. The van der Waals surface area contributed by atoms with Crippen LogP contribution in [0, 0.1) is 0 Å². The Morgan fingerprint density at radius 2 is 1.95 bits per heavy atom. The monoisotopic (exact) mass is 264 g/mol. The van der Waals surface area contributed by atoms with Crippen LogP contribution in [0.15, 0.2) is 24.3 Å². The largest absolute Gasteiger partial charge is 0.491 e. The normalized spacial score (nSPS) is 10.4. The number of hydrogen-bond donors (Lipinski definition) is 1. The molecule has 2 amide bonds. The van der Waals surface area contributed by atoms with Gasteiger partial charge in [0.15, 0.2) is 0 Å². The van der Waals surface area contributed by atoms with E-state index < -0.39 is 0 Å². The number of benzene rings is 1. The number of amides is 2. The van der Waals surface area contributed by atoms with E-state index in [1.807, 2.05) is 38.1 Å². The van der Waals surface area contributed by atoms with Gasteiger partial charge in [-0.3, -0.25) is 0 Å². The van der Waals surface area contributed by atoms with Gasteiger partial charge >= 0.3 is 6.03 Å². The lowest BCUT2D eigenvalue weighted by Crippen LogP contribution is -2.32. The first-order chi connectivity index (χ1) is 9.02. The van der Waals surface area contributed by atoms with E-state index in [0.717, 1.165) is 30.8 Å². The van der Waals surface area contributed by atoms with E-state index >= 15 is 0 Å². The van der Waals surface area contributed by atoms with Crippen LogP contribution in [-0.4, -0.2) is 30.6 Å². The molecule has 0 spiro atoms. The second kappa shape index (κ2) is 7.67. The third-order valence-electron chi connectivity index (χ3n) is 2.67. The Balaban J connectivity index is 2.50. The van der Waals surface area contributed by atoms with E-state index in [0.29, 0.717) is 0 Å². The van der Waals surface area contributed by atoms with E-state index in [1.165, 1.54) is 0 Å². The van der Waals surface area contributed by atoms with Crippen LogP contribution in [0.25, 0.3) is 0 Å². The molecule has 1 aromatic carbocycles. The van der Waals surface area contributed by atoms with Crippen LogP contribution in [0.5, 0.6) is 5.75 Å². The zero-order chi connectivity index (χ0) is 14.3. The van der Waals surface area contributed by atoms with Crippen molar-refractivity contribution in [3.05, 3.63) is 24.3 Å². The van der Waals surface area contributed by atoms with E-state index in [2.05, 4.69) is 12.2 Å². The lowest BCUT2D eigenvalue weighted by atomic mass is 10.3. The Labute approximate surface area is 115 Å². The van der Waals surface area contributed by atoms with E-state index in [1.54, 1.807) is 11.9 Å². The number of nitrogens with zero attached hydrogens (tertiary/aromatic N) is 1. The molecule has 0 saturated carbocycles. The molecule has 0 saturated heterocycles. The minimum atomic E-state index is -0.0778. The average molecular weight is 264 g/mol. The SMILES string of the molecule is CCCCN(C)C(=O)Nc1ccc(OC(C)C)cc1. The van der Waals surface area contributed by atoms with Crippen LogP contribution in [0.1, 0.15) is 33.6 Å². The van der Waals surface area contributed by atoms with Crippen molar-refractivity contribution in [2.24, 2.45) is 0 Å². The Kier molecular flexibility index (Phi) is 6.19. The fourth-order valence-electron chi connectivity index (χ4n) is 1.60. The summed E-state index contributed by atoms with van der Waals surface area (Å²) in [6, 6.07) is 7.35. The molecular formula is C15H24N2O2. The molecule has 0 aliphatic carbocycles. The zero-order valence-electron chi connectivity index (χ0n) is 12.3. The van der Waals surface area contributed by atoms with Gasteiger partial charge in [-0.25, -0.2) is 4.79 Å². The maximum absolute atomic E-state index is 11.9. The zero-order valence-corrected chi connectivity index (χ0v) is 12.3. The van der Waals surface area contributed by atoms with Gasteiger partial charge in [0, 0.05) is 19.3 Å². The quantitative estimate of drug-likeness (QED) is 0.850. The molecule has 0 heterocycles. The van der Waals surface area contributed by atoms with E-state index in [9.17, 15) is 4.79 Å². The number of rotatable bonds is 6. The number of anilines is 1. The standard InChI is InChI=1S/C15H24N2O2/c1-5-6-11-17(4)15(18)16-13-7-9-14(10-8-13)19-12(2)3/h7-10,12H,5-6,11H2,1-4H3,(H,16,18). The summed E-state index contributed by atoms with van der Waals surface area (Å²) >= 11 is 0. The van der Waals surface area contributed by atoms with E-state index in [-0.39, 0.29) is 12.1 Å². The number of carbonyl (C=O) groups is 1. The number of hydrogen-bond acceptors (Lipinski definition) is 2. The molecular weight excluding hydrogens is 240 g/mol. The molecule has 0 atom stereocenters. The molecule has 0 fully saturated rings. The molecule has 106 valence electrons. The minimum absolute atomic E-state index is 0.0778. The van der Waals surface area contributed by atoms with Gasteiger partial charge in [0.25, 0.3) is 0 Å². The van der Waals surface area contributed by atoms with Gasteiger partial charge in [-0.2, -0.15) is 0 Å². The van der Waals surface area contributed by atoms with Crippen LogP contribution in [0.4, 0.5) is 10.5 Å². The Morgan fingerprint density at radius 3 is 2.47 bits per heavy atom. The Morgan fingerprint density at radius 1 is 1.32 bits per heavy atom. The predicted molar refractivity (Wildman–Crippen MR) is 78.8 cm³/mol. The molecule has 0 aromatic heterocycles. The summed E-state index contributed by atoms with van der Waals surface area (Å²) in [6.07, 6.45) is 2.25. The lowest BCUT2D eigenvalue weighted by molar-refractivity contribution is 0.222. The van der Waals surface area contributed by atoms with Gasteiger partial charge in [-0.1, -0.05) is 13.3 Å². The van der Waals surface area contributed by atoms with Gasteiger partial charge in [0.1, 0.15) is 5.75 Å². The van der Waals surface area contributed by atoms with Crippen molar-refractivity contribution in [1.82, 2.24) is 4.90 Å². The minimum Gasteiger partial charge on any atom is -0.491 e. The molecule has 0 radical (unpaired) electrons. The molecule has 0 aliphatic rings. The maximum atomic E-state index is 11.9.